The van der Waals surface area contributed by atoms with Crippen LogP contribution in [0.1, 0.15) is 51.0 Å². The van der Waals surface area contributed by atoms with Crippen molar-refractivity contribution in [3.05, 3.63) is 23.8 Å². The Hall–Kier alpha value is -1.22. The predicted octanol–water partition coefficient (Wildman–Crippen LogP) is 3.86. The lowest BCUT2D eigenvalue weighted by Gasteiger charge is -2.24. The number of hydrogen-bond donors (Lipinski definition) is 1. The van der Waals surface area contributed by atoms with Crippen LogP contribution < -0.4 is 14.8 Å². The van der Waals surface area contributed by atoms with Crippen LogP contribution in [0.15, 0.2) is 18.2 Å². The molecule has 1 heterocycles. The van der Waals surface area contributed by atoms with Gasteiger partial charge in [-0.3, -0.25) is 0 Å². The van der Waals surface area contributed by atoms with E-state index < -0.39 is 0 Å². The van der Waals surface area contributed by atoms with Crippen molar-refractivity contribution < 1.29 is 9.47 Å². The van der Waals surface area contributed by atoms with Gasteiger partial charge in [0.2, 0.25) is 6.79 Å². The summed E-state index contributed by atoms with van der Waals surface area (Å²) in [5.41, 5.74) is 1.21. The summed E-state index contributed by atoms with van der Waals surface area (Å²) in [5, 5.41) is 3.69. The van der Waals surface area contributed by atoms with E-state index in [1.807, 2.05) is 12.1 Å². The average Bonchev–Trinajstić information content (AvgIpc) is 2.79. The van der Waals surface area contributed by atoms with Crippen molar-refractivity contribution in [2.45, 2.75) is 58.0 Å². The van der Waals surface area contributed by atoms with Gasteiger partial charge in [0.05, 0.1) is 0 Å². The number of benzene rings is 1. The summed E-state index contributed by atoms with van der Waals surface area (Å²) in [6.45, 7) is 3.55. The van der Waals surface area contributed by atoms with Crippen molar-refractivity contribution >= 4 is 0 Å². The SMILES string of the molecule is C[C@@H](NCc1cccc2c1OCO2)C1CCCCCC1. The highest BCUT2D eigenvalue weighted by Gasteiger charge is 2.21. The minimum atomic E-state index is 0.352. The minimum absolute atomic E-state index is 0.352. The molecule has 3 nitrogen and oxygen atoms in total. The van der Waals surface area contributed by atoms with Gasteiger partial charge in [-0.2, -0.15) is 0 Å². The molecule has 2 aliphatic rings. The molecular formula is C17H25NO2. The van der Waals surface area contributed by atoms with E-state index in [9.17, 15) is 0 Å². The molecule has 3 rings (SSSR count). The summed E-state index contributed by atoms with van der Waals surface area (Å²) in [7, 11) is 0. The third-order valence-electron chi connectivity index (χ3n) is 4.70. The van der Waals surface area contributed by atoms with Gasteiger partial charge >= 0.3 is 0 Å². The second kappa shape index (κ2) is 6.49. The first-order valence-corrected chi connectivity index (χ1v) is 7.95. The Morgan fingerprint density at radius 3 is 2.75 bits per heavy atom. The number of para-hydroxylation sites is 1. The van der Waals surface area contributed by atoms with E-state index in [4.69, 9.17) is 9.47 Å². The van der Waals surface area contributed by atoms with Crippen molar-refractivity contribution in [1.29, 1.82) is 0 Å². The molecule has 0 spiro atoms. The number of rotatable bonds is 4. The van der Waals surface area contributed by atoms with Gasteiger partial charge in [0.15, 0.2) is 11.5 Å². The van der Waals surface area contributed by atoms with Crippen LogP contribution in [0.25, 0.3) is 0 Å². The molecule has 20 heavy (non-hydrogen) atoms. The Morgan fingerprint density at radius 2 is 1.95 bits per heavy atom. The lowest BCUT2D eigenvalue weighted by atomic mass is 9.93. The summed E-state index contributed by atoms with van der Waals surface area (Å²) in [6, 6.07) is 6.72. The number of fused-ring (bicyclic) bond motifs is 1. The Bertz CT molecular complexity index is 439. The third-order valence-corrected chi connectivity index (χ3v) is 4.70. The molecule has 0 saturated heterocycles. The van der Waals surface area contributed by atoms with Gasteiger partial charge in [0, 0.05) is 18.2 Å². The lowest BCUT2D eigenvalue weighted by molar-refractivity contribution is 0.173. The van der Waals surface area contributed by atoms with Crippen LogP contribution in [0, 0.1) is 5.92 Å². The van der Waals surface area contributed by atoms with E-state index >= 15 is 0 Å². The maximum Gasteiger partial charge on any atom is 0.231 e. The van der Waals surface area contributed by atoms with Gasteiger partial charge in [0.25, 0.3) is 0 Å². The molecular weight excluding hydrogens is 250 g/mol. The zero-order chi connectivity index (χ0) is 13.8. The van der Waals surface area contributed by atoms with Crippen molar-refractivity contribution in [2.75, 3.05) is 6.79 Å². The van der Waals surface area contributed by atoms with E-state index in [2.05, 4.69) is 18.3 Å². The molecule has 110 valence electrons. The van der Waals surface area contributed by atoms with Crippen molar-refractivity contribution in [3.8, 4) is 11.5 Å². The van der Waals surface area contributed by atoms with Crippen molar-refractivity contribution in [3.63, 3.8) is 0 Å². The van der Waals surface area contributed by atoms with E-state index in [0.29, 0.717) is 12.8 Å². The van der Waals surface area contributed by atoms with E-state index in [1.54, 1.807) is 0 Å². The fraction of sp³-hybridized carbons (Fsp3) is 0.647. The summed E-state index contributed by atoms with van der Waals surface area (Å²) in [5.74, 6) is 2.63. The Morgan fingerprint density at radius 1 is 1.15 bits per heavy atom. The first-order valence-electron chi connectivity index (χ1n) is 7.95. The van der Waals surface area contributed by atoms with Gasteiger partial charge in [-0.1, -0.05) is 37.8 Å². The topological polar surface area (TPSA) is 30.5 Å². The predicted molar refractivity (Wildman–Crippen MR) is 80.1 cm³/mol. The van der Waals surface area contributed by atoms with E-state index in [1.165, 1.54) is 44.1 Å². The molecule has 1 aliphatic carbocycles. The van der Waals surface area contributed by atoms with Crippen LogP contribution in [0.2, 0.25) is 0 Å². The largest absolute Gasteiger partial charge is 0.454 e. The fourth-order valence-corrected chi connectivity index (χ4v) is 3.38. The molecule has 1 fully saturated rings. The standard InChI is InChI=1S/C17H25NO2/c1-13(14-7-4-2-3-5-8-14)18-11-15-9-6-10-16-17(15)20-12-19-16/h6,9-10,13-14,18H,2-5,7-8,11-12H2,1H3/t13-/m1/s1. The molecule has 0 aromatic heterocycles. The van der Waals surface area contributed by atoms with E-state index in [-0.39, 0.29) is 0 Å². The summed E-state index contributed by atoms with van der Waals surface area (Å²) >= 11 is 0. The lowest BCUT2D eigenvalue weighted by Crippen LogP contribution is -2.33. The second-order valence-electron chi connectivity index (χ2n) is 6.07. The maximum absolute atomic E-state index is 5.57. The molecule has 0 unspecified atom stereocenters. The van der Waals surface area contributed by atoms with Crippen LogP contribution >= 0.6 is 0 Å². The second-order valence-corrected chi connectivity index (χ2v) is 6.07. The minimum Gasteiger partial charge on any atom is -0.454 e. The fourth-order valence-electron chi connectivity index (χ4n) is 3.38. The zero-order valence-corrected chi connectivity index (χ0v) is 12.4. The first kappa shape index (κ1) is 13.7. The zero-order valence-electron chi connectivity index (χ0n) is 12.4. The van der Waals surface area contributed by atoms with Gasteiger partial charge in [-0.25, -0.2) is 0 Å². The normalized spacial score (nSPS) is 20.6. The maximum atomic E-state index is 5.57. The molecule has 3 heteroatoms. The average molecular weight is 275 g/mol. The van der Waals surface area contributed by atoms with Gasteiger partial charge in [-0.05, 0) is 31.7 Å². The monoisotopic (exact) mass is 275 g/mol. The van der Waals surface area contributed by atoms with Crippen LogP contribution in [0.4, 0.5) is 0 Å². The summed E-state index contributed by atoms with van der Waals surface area (Å²) in [6.07, 6.45) is 8.38. The molecule has 0 bridgehead atoms. The quantitative estimate of drug-likeness (QED) is 0.846. The molecule has 1 aliphatic heterocycles. The van der Waals surface area contributed by atoms with Crippen LogP contribution in [0.3, 0.4) is 0 Å². The molecule has 1 aromatic rings. The molecule has 0 radical (unpaired) electrons. The van der Waals surface area contributed by atoms with Crippen molar-refractivity contribution in [2.24, 2.45) is 5.92 Å². The molecule has 1 saturated carbocycles. The highest BCUT2D eigenvalue weighted by molar-refractivity contribution is 5.48. The molecule has 1 atom stereocenters. The first-order chi connectivity index (χ1) is 9.84. The Balaban J connectivity index is 1.57. The smallest absolute Gasteiger partial charge is 0.231 e. The Labute approximate surface area is 121 Å². The molecule has 0 amide bonds. The highest BCUT2D eigenvalue weighted by atomic mass is 16.7. The van der Waals surface area contributed by atoms with Crippen LogP contribution in [-0.4, -0.2) is 12.8 Å². The molecule has 1 aromatic carbocycles. The molecule has 1 N–H and O–H groups in total. The van der Waals surface area contributed by atoms with Crippen LogP contribution in [0.5, 0.6) is 11.5 Å². The number of ether oxygens (including phenoxy) is 2. The number of hydrogen-bond acceptors (Lipinski definition) is 3. The highest BCUT2D eigenvalue weighted by Crippen LogP contribution is 2.35. The third kappa shape index (κ3) is 3.09. The summed E-state index contributed by atoms with van der Waals surface area (Å²) < 4.78 is 11.0. The van der Waals surface area contributed by atoms with Gasteiger partial charge in [-0.15, -0.1) is 0 Å². The van der Waals surface area contributed by atoms with Crippen molar-refractivity contribution in [1.82, 2.24) is 5.32 Å². The Kier molecular flexibility index (Phi) is 4.46. The van der Waals surface area contributed by atoms with Crippen LogP contribution in [-0.2, 0) is 6.54 Å². The van der Waals surface area contributed by atoms with Gasteiger partial charge < -0.3 is 14.8 Å². The van der Waals surface area contributed by atoms with E-state index in [0.717, 1.165) is 24.0 Å². The summed E-state index contributed by atoms with van der Waals surface area (Å²) in [4.78, 5) is 0. The van der Waals surface area contributed by atoms with Gasteiger partial charge in [0.1, 0.15) is 0 Å². The number of nitrogens with one attached hydrogen (secondary N) is 1.